The summed E-state index contributed by atoms with van der Waals surface area (Å²) in [6, 6.07) is 0.193. The van der Waals surface area contributed by atoms with E-state index in [4.69, 9.17) is 5.73 Å². The Kier molecular flexibility index (Phi) is 4.13. The van der Waals surface area contributed by atoms with Gasteiger partial charge in [-0.25, -0.2) is 0 Å². The molecular weight excluding hydrogens is 226 g/mol. The third kappa shape index (κ3) is 3.95. The average molecular weight is 255 g/mol. The van der Waals surface area contributed by atoms with E-state index >= 15 is 0 Å². The van der Waals surface area contributed by atoms with Crippen molar-refractivity contribution >= 4 is 5.91 Å². The Balaban J connectivity index is 2.71. The quantitative estimate of drug-likeness (QED) is 0.716. The second-order valence-corrected chi connectivity index (χ2v) is 7.24. The minimum Gasteiger partial charge on any atom is -0.352 e. The normalized spacial score (nSPS) is 26.4. The maximum Gasteiger partial charge on any atom is 0.240 e. The molecule has 1 heterocycles. The average Bonchev–Trinajstić information content (AvgIpc) is 2.12. The van der Waals surface area contributed by atoms with Gasteiger partial charge in [-0.15, -0.1) is 0 Å². The smallest absolute Gasteiger partial charge is 0.240 e. The van der Waals surface area contributed by atoms with Gasteiger partial charge in [0.05, 0.1) is 5.54 Å². The summed E-state index contributed by atoms with van der Waals surface area (Å²) in [4.78, 5) is 12.1. The van der Waals surface area contributed by atoms with Crippen molar-refractivity contribution in [2.45, 2.75) is 83.5 Å². The number of hydrogen-bond acceptors (Lipinski definition) is 3. The molecule has 0 spiro atoms. The van der Waals surface area contributed by atoms with Crippen molar-refractivity contribution in [3.05, 3.63) is 0 Å². The molecule has 4 N–H and O–H groups in total. The van der Waals surface area contributed by atoms with E-state index in [-0.39, 0.29) is 23.0 Å². The third-order valence-corrected chi connectivity index (χ3v) is 3.78. The van der Waals surface area contributed by atoms with Crippen LogP contribution in [-0.4, -0.2) is 28.6 Å². The van der Waals surface area contributed by atoms with E-state index in [1.807, 2.05) is 6.92 Å². The summed E-state index contributed by atoms with van der Waals surface area (Å²) in [5.41, 5.74) is 5.30. The Labute approximate surface area is 111 Å². The van der Waals surface area contributed by atoms with Gasteiger partial charge in [0, 0.05) is 17.1 Å². The van der Waals surface area contributed by atoms with Gasteiger partial charge in [-0.2, -0.15) is 0 Å². The van der Waals surface area contributed by atoms with Crippen molar-refractivity contribution in [1.29, 1.82) is 0 Å². The van der Waals surface area contributed by atoms with Crippen LogP contribution in [0.1, 0.15) is 60.8 Å². The van der Waals surface area contributed by atoms with Crippen LogP contribution in [0.5, 0.6) is 0 Å². The zero-order valence-corrected chi connectivity index (χ0v) is 12.7. The molecule has 1 atom stereocenters. The highest BCUT2D eigenvalue weighted by Crippen LogP contribution is 2.28. The summed E-state index contributed by atoms with van der Waals surface area (Å²) in [6.45, 7) is 12.4. The SMILES string of the molecule is CCC(C)(N)C(=O)NC1CC(C)(C)NC(C)(C)C1. The van der Waals surface area contributed by atoms with Crippen LogP contribution >= 0.6 is 0 Å². The topological polar surface area (TPSA) is 67.2 Å². The summed E-state index contributed by atoms with van der Waals surface area (Å²) >= 11 is 0. The van der Waals surface area contributed by atoms with Crippen molar-refractivity contribution in [3.63, 3.8) is 0 Å². The Hall–Kier alpha value is -0.610. The van der Waals surface area contributed by atoms with Crippen LogP contribution in [0.4, 0.5) is 0 Å². The summed E-state index contributed by atoms with van der Waals surface area (Å²) in [6.07, 6.45) is 2.51. The van der Waals surface area contributed by atoms with E-state index in [1.54, 1.807) is 6.92 Å². The number of nitrogens with two attached hydrogens (primary N) is 1. The molecule has 1 aliphatic heterocycles. The minimum absolute atomic E-state index is 0.0384. The fraction of sp³-hybridized carbons (Fsp3) is 0.929. The highest BCUT2D eigenvalue weighted by atomic mass is 16.2. The van der Waals surface area contributed by atoms with E-state index in [0.717, 1.165) is 12.8 Å². The predicted octanol–water partition coefficient (Wildman–Crippen LogP) is 1.54. The van der Waals surface area contributed by atoms with Crippen molar-refractivity contribution in [1.82, 2.24) is 10.6 Å². The second-order valence-electron chi connectivity index (χ2n) is 7.24. The molecule has 106 valence electrons. The van der Waals surface area contributed by atoms with E-state index in [0.29, 0.717) is 6.42 Å². The Bertz CT molecular complexity index is 305. The number of nitrogens with one attached hydrogen (secondary N) is 2. The number of piperidine rings is 1. The fourth-order valence-electron chi connectivity index (χ4n) is 2.94. The summed E-state index contributed by atoms with van der Waals surface area (Å²) in [5, 5.41) is 6.72. The highest BCUT2D eigenvalue weighted by molar-refractivity contribution is 5.85. The lowest BCUT2D eigenvalue weighted by Crippen LogP contribution is -2.64. The molecule has 4 heteroatoms. The molecule has 1 fully saturated rings. The van der Waals surface area contributed by atoms with Gasteiger partial charge in [0.15, 0.2) is 0 Å². The number of amides is 1. The first kappa shape index (κ1) is 15.4. The predicted molar refractivity (Wildman–Crippen MR) is 75.3 cm³/mol. The molecule has 1 rings (SSSR count). The zero-order valence-electron chi connectivity index (χ0n) is 12.7. The maximum absolute atomic E-state index is 12.1. The van der Waals surface area contributed by atoms with Crippen LogP contribution in [0.3, 0.4) is 0 Å². The molecule has 0 aromatic rings. The Morgan fingerprint density at radius 2 is 1.78 bits per heavy atom. The standard InChI is InChI=1S/C14H29N3O/c1-7-14(6,15)11(18)16-10-8-12(2,3)17-13(4,5)9-10/h10,17H,7-9,15H2,1-6H3,(H,16,18). The Morgan fingerprint density at radius 3 is 2.17 bits per heavy atom. The van der Waals surface area contributed by atoms with Crippen LogP contribution in [0.25, 0.3) is 0 Å². The van der Waals surface area contributed by atoms with Gasteiger partial charge < -0.3 is 16.4 Å². The molecule has 0 aliphatic carbocycles. The molecule has 0 radical (unpaired) electrons. The summed E-state index contributed by atoms with van der Waals surface area (Å²) in [5.74, 6) is -0.0384. The van der Waals surface area contributed by atoms with E-state index in [2.05, 4.69) is 38.3 Å². The van der Waals surface area contributed by atoms with Gasteiger partial charge in [-0.1, -0.05) is 6.92 Å². The van der Waals surface area contributed by atoms with E-state index in [1.165, 1.54) is 0 Å². The number of rotatable bonds is 3. The maximum atomic E-state index is 12.1. The molecule has 0 aromatic carbocycles. The number of carbonyl (C=O) groups excluding carboxylic acids is 1. The molecule has 1 amide bonds. The van der Waals surface area contributed by atoms with Gasteiger partial charge in [0.1, 0.15) is 0 Å². The number of carbonyl (C=O) groups is 1. The highest BCUT2D eigenvalue weighted by Gasteiger charge is 2.39. The zero-order chi connectivity index (χ0) is 14.2. The van der Waals surface area contributed by atoms with Crippen molar-refractivity contribution in [2.24, 2.45) is 5.73 Å². The summed E-state index contributed by atoms with van der Waals surface area (Å²) in [7, 11) is 0. The van der Waals surface area contributed by atoms with Crippen molar-refractivity contribution in [2.75, 3.05) is 0 Å². The molecule has 1 unspecified atom stereocenters. The van der Waals surface area contributed by atoms with Gasteiger partial charge in [-0.05, 0) is 53.9 Å². The first-order valence-corrected chi connectivity index (χ1v) is 6.87. The van der Waals surface area contributed by atoms with E-state index in [9.17, 15) is 4.79 Å². The van der Waals surface area contributed by atoms with Crippen LogP contribution in [0, 0.1) is 0 Å². The van der Waals surface area contributed by atoms with Gasteiger partial charge in [0.25, 0.3) is 0 Å². The minimum atomic E-state index is -0.765. The lowest BCUT2D eigenvalue weighted by molar-refractivity contribution is -0.127. The molecule has 1 saturated heterocycles. The first-order valence-electron chi connectivity index (χ1n) is 6.87. The van der Waals surface area contributed by atoms with E-state index < -0.39 is 5.54 Å². The van der Waals surface area contributed by atoms with Crippen molar-refractivity contribution < 1.29 is 4.79 Å². The molecule has 18 heavy (non-hydrogen) atoms. The molecule has 4 nitrogen and oxygen atoms in total. The van der Waals surface area contributed by atoms with Gasteiger partial charge in [0.2, 0.25) is 5.91 Å². The fourth-order valence-corrected chi connectivity index (χ4v) is 2.94. The lowest BCUT2D eigenvalue weighted by atomic mass is 9.79. The summed E-state index contributed by atoms with van der Waals surface area (Å²) < 4.78 is 0. The van der Waals surface area contributed by atoms with Gasteiger partial charge in [-0.3, -0.25) is 4.79 Å². The Morgan fingerprint density at radius 1 is 1.33 bits per heavy atom. The van der Waals surface area contributed by atoms with Crippen molar-refractivity contribution in [3.8, 4) is 0 Å². The number of hydrogen-bond donors (Lipinski definition) is 3. The van der Waals surface area contributed by atoms with Crippen LogP contribution in [0.2, 0.25) is 0 Å². The molecule has 1 aliphatic rings. The molecule has 0 aromatic heterocycles. The first-order chi connectivity index (χ1) is 7.97. The molecule has 0 saturated carbocycles. The molecular formula is C14H29N3O. The van der Waals surface area contributed by atoms with Gasteiger partial charge >= 0.3 is 0 Å². The van der Waals surface area contributed by atoms with Crippen LogP contribution in [0.15, 0.2) is 0 Å². The third-order valence-electron chi connectivity index (χ3n) is 3.78. The van der Waals surface area contributed by atoms with Crippen LogP contribution in [-0.2, 0) is 4.79 Å². The monoisotopic (exact) mass is 255 g/mol. The molecule has 0 bridgehead atoms. The second kappa shape index (κ2) is 4.82. The van der Waals surface area contributed by atoms with Crippen LogP contribution < -0.4 is 16.4 Å². The largest absolute Gasteiger partial charge is 0.352 e. The lowest BCUT2D eigenvalue weighted by Gasteiger charge is -2.47.